The molecule has 0 aliphatic rings. The van der Waals surface area contributed by atoms with Crippen LogP contribution < -0.4 is 11.1 Å². The van der Waals surface area contributed by atoms with E-state index in [1.54, 1.807) is 19.1 Å². The SMILES string of the molecule is CCOC(=O)c1cc(N)ccc1Nc1cc(F)ccc1Cl. The second kappa shape index (κ2) is 6.45. The maximum Gasteiger partial charge on any atom is 0.340 e. The van der Waals surface area contributed by atoms with E-state index in [0.29, 0.717) is 22.1 Å². The summed E-state index contributed by atoms with van der Waals surface area (Å²) >= 11 is 6.00. The van der Waals surface area contributed by atoms with Crippen LogP contribution in [0.4, 0.5) is 21.5 Å². The molecule has 0 aliphatic heterocycles. The number of hydrogen-bond acceptors (Lipinski definition) is 4. The van der Waals surface area contributed by atoms with Gasteiger partial charge < -0.3 is 15.8 Å². The fourth-order valence-corrected chi connectivity index (χ4v) is 1.95. The first-order valence-electron chi connectivity index (χ1n) is 6.30. The normalized spacial score (nSPS) is 10.2. The van der Waals surface area contributed by atoms with Gasteiger partial charge in [0.05, 0.1) is 28.6 Å². The monoisotopic (exact) mass is 308 g/mol. The molecule has 2 rings (SSSR count). The van der Waals surface area contributed by atoms with Crippen molar-refractivity contribution in [2.24, 2.45) is 0 Å². The van der Waals surface area contributed by atoms with E-state index >= 15 is 0 Å². The lowest BCUT2D eigenvalue weighted by molar-refractivity contribution is 0.0527. The Morgan fingerprint density at radius 2 is 2.05 bits per heavy atom. The molecule has 0 heterocycles. The molecule has 0 radical (unpaired) electrons. The number of rotatable bonds is 4. The number of nitrogen functional groups attached to an aromatic ring is 1. The molecular formula is C15H14ClFN2O2. The number of ether oxygens (including phenoxy) is 1. The van der Waals surface area contributed by atoms with Gasteiger partial charge in [0.25, 0.3) is 0 Å². The van der Waals surface area contributed by atoms with Gasteiger partial charge >= 0.3 is 5.97 Å². The van der Waals surface area contributed by atoms with Crippen molar-refractivity contribution in [3.8, 4) is 0 Å². The van der Waals surface area contributed by atoms with Gasteiger partial charge in [-0.25, -0.2) is 9.18 Å². The predicted octanol–water partition coefficient (Wildman–Crippen LogP) is 3.98. The molecule has 0 unspecified atom stereocenters. The van der Waals surface area contributed by atoms with Crippen molar-refractivity contribution < 1.29 is 13.9 Å². The Bertz CT molecular complexity index is 677. The second-order valence-electron chi connectivity index (χ2n) is 4.27. The van der Waals surface area contributed by atoms with E-state index in [2.05, 4.69) is 5.32 Å². The highest BCUT2D eigenvalue weighted by Gasteiger charge is 2.14. The van der Waals surface area contributed by atoms with E-state index in [0.717, 1.165) is 0 Å². The van der Waals surface area contributed by atoms with Crippen molar-refractivity contribution in [1.29, 1.82) is 0 Å². The van der Waals surface area contributed by atoms with Crippen molar-refractivity contribution in [2.45, 2.75) is 6.92 Å². The van der Waals surface area contributed by atoms with Gasteiger partial charge in [0.1, 0.15) is 5.82 Å². The third-order valence-electron chi connectivity index (χ3n) is 2.74. The molecule has 0 spiro atoms. The number of hydrogen-bond donors (Lipinski definition) is 2. The molecule has 4 nitrogen and oxygen atoms in total. The van der Waals surface area contributed by atoms with E-state index in [1.165, 1.54) is 24.3 Å². The van der Waals surface area contributed by atoms with Gasteiger partial charge in [0, 0.05) is 5.69 Å². The summed E-state index contributed by atoms with van der Waals surface area (Å²) in [5, 5.41) is 3.26. The zero-order chi connectivity index (χ0) is 15.4. The molecule has 0 fully saturated rings. The molecular weight excluding hydrogens is 295 g/mol. The Hall–Kier alpha value is -2.27. The van der Waals surface area contributed by atoms with Crippen molar-refractivity contribution >= 4 is 34.6 Å². The molecule has 0 bridgehead atoms. The van der Waals surface area contributed by atoms with Crippen LogP contribution in [0.1, 0.15) is 17.3 Å². The second-order valence-corrected chi connectivity index (χ2v) is 4.68. The van der Waals surface area contributed by atoms with Gasteiger partial charge in [-0.3, -0.25) is 0 Å². The Morgan fingerprint density at radius 1 is 1.29 bits per heavy atom. The summed E-state index contributed by atoms with van der Waals surface area (Å²) in [7, 11) is 0. The number of nitrogens with two attached hydrogens (primary N) is 1. The maximum absolute atomic E-state index is 13.3. The molecule has 3 N–H and O–H groups in total. The number of carbonyl (C=O) groups is 1. The topological polar surface area (TPSA) is 64.3 Å². The van der Waals surface area contributed by atoms with E-state index < -0.39 is 11.8 Å². The van der Waals surface area contributed by atoms with Gasteiger partial charge in [-0.1, -0.05) is 11.6 Å². The van der Waals surface area contributed by atoms with Gasteiger partial charge in [-0.15, -0.1) is 0 Å². The Kier molecular flexibility index (Phi) is 4.65. The number of anilines is 3. The smallest absolute Gasteiger partial charge is 0.340 e. The quantitative estimate of drug-likeness (QED) is 0.662. The van der Waals surface area contributed by atoms with Crippen LogP contribution in [0.5, 0.6) is 0 Å². The highest BCUT2D eigenvalue weighted by atomic mass is 35.5. The number of carbonyl (C=O) groups excluding carboxylic acids is 1. The molecule has 0 saturated carbocycles. The molecule has 2 aromatic rings. The van der Waals surface area contributed by atoms with Gasteiger partial charge in [0.15, 0.2) is 0 Å². The van der Waals surface area contributed by atoms with Gasteiger partial charge in [-0.2, -0.15) is 0 Å². The first kappa shape index (κ1) is 15.1. The first-order chi connectivity index (χ1) is 10.0. The summed E-state index contributed by atoms with van der Waals surface area (Å²) in [4.78, 5) is 11.9. The van der Waals surface area contributed by atoms with E-state index in [-0.39, 0.29) is 12.2 Å². The van der Waals surface area contributed by atoms with Crippen LogP contribution >= 0.6 is 11.6 Å². The lowest BCUT2D eigenvalue weighted by Crippen LogP contribution is -2.09. The Balaban J connectivity index is 2.39. The minimum atomic E-state index is -0.514. The molecule has 0 atom stereocenters. The lowest BCUT2D eigenvalue weighted by atomic mass is 10.1. The molecule has 0 saturated heterocycles. The van der Waals surface area contributed by atoms with Crippen LogP contribution in [0.25, 0.3) is 0 Å². The molecule has 0 aliphatic carbocycles. The molecule has 110 valence electrons. The maximum atomic E-state index is 13.3. The summed E-state index contributed by atoms with van der Waals surface area (Å²) in [6.07, 6.45) is 0. The van der Waals surface area contributed by atoms with Crippen LogP contribution in [-0.4, -0.2) is 12.6 Å². The minimum absolute atomic E-state index is 0.244. The van der Waals surface area contributed by atoms with Crippen molar-refractivity contribution in [1.82, 2.24) is 0 Å². The fourth-order valence-electron chi connectivity index (χ4n) is 1.79. The van der Waals surface area contributed by atoms with Crippen molar-refractivity contribution in [3.63, 3.8) is 0 Å². The van der Waals surface area contributed by atoms with Crippen LogP contribution in [-0.2, 0) is 4.74 Å². The predicted molar refractivity (Wildman–Crippen MR) is 81.5 cm³/mol. The number of esters is 1. The van der Waals surface area contributed by atoms with Gasteiger partial charge in [0.2, 0.25) is 0 Å². The molecule has 2 aromatic carbocycles. The van der Waals surface area contributed by atoms with Gasteiger partial charge in [-0.05, 0) is 43.3 Å². The summed E-state index contributed by atoms with van der Waals surface area (Å²) in [5.41, 5.74) is 7.17. The van der Waals surface area contributed by atoms with Crippen LogP contribution in [0, 0.1) is 5.82 Å². The zero-order valence-corrected chi connectivity index (χ0v) is 12.1. The minimum Gasteiger partial charge on any atom is -0.462 e. The average molecular weight is 309 g/mol. The molecule has 21 heavy (non-hydrogen) atoms. The Labute approximate surface area is 126 Å². The summed E-state index contributed by atoms with van der Waals surface area (Å²) in [6, 6.07) is 8.66. The van der Waals surface area contributed by atoms with Crippen LogP contribution in [0.2, 0.25) is 5.02 Å². The van der Waals surface area contributed by atoms with E-state index in [9.17, 15) is 9.18 Å². The summed E-state index contributed by atoms with van der Waals surface area (Å²) in [5.74, 6) is -0.949. The first-order valence-corrected chi connectivity index (χ1v) is 6.67. The number of halogens is 2. The highest BCUT2D eigenvalue weighted by Crippen LogP contribution is 2.29. The van der Waals surface area contributed by atoms with E-state index in [4.69, 9.17) is 22.1 Å². The standard InChI is InChI=1S/C15H14ClFN2O2/c1-2-21-15(20)11-8-10(18)4-6-13(11)19-14-7-9(17)3-5-12(14)16/h3-8,19H,2,18H2,1H3. The summed E-state index contributed by atoms with van der Waals surface area (Å²) < 4.78 is 18.3. The van der Waals surface area contributed by atoms with Crippen LogP contribution in [0.15, 0.2) is 36.4 Å². The van der Waals surface area contributed by atoms with Crippen molar-refractivity contribution in [3.05, 3.63) is 52.8 Å². The zero-order valence-electron chi connectivity index (χ0n) is 11.3. The highest BCUT2D eigenvalue weighted by molar-refractivity contribution is 6.33. The Morgan fingerprint density at radius 3 is 2.76 bits per heavy atom. The fraction of sp³-hybridized carbons (Fsp3) is 0.133. The van der Waals surface area contributed by atoms with E-state index in [1.807, 2.05) is 0 Å². The number of benzene rings is 2. The molecule has 0 amide bonds. The molecule has 0 aromatic heterocycles. The van der Waals surface area contributed by atoms with Crippen molar-refractivity contribution in [2.75, 3.05) is 17.7 Å². The third kappa shape index (κ3) is 3.64. The largest absolute Gasteiger partial charge is 0.462 e. The lowest BCUT2D eigenvalue weighted by Gasteiger charge is -2.13. The number of nitrogens with one attached hydrogen (secondary N) is 1. The molecule has 6 heteroatoms. The van der Waals surface area contributed by atoms with Crippen LogP contribution in [0.3, 0.4) is 0 Å². The average Bonchev–Trinajstić information content (AvgIpc) is 2.45. The summed E-state index contributed by atoms with van der Waals surface area (Å²) in [6.45, 7) is 1.95. The third-order valence-corrected chi connectivity index (χ3v) is 3.07.